The number of nitrogens with zero attached hydrogens (tertiary/aromatic N) is 3. The summed E-state index contributed by atoms with van der Waals surface area (Å²) >= 11 is 0. The number of hydroxylamine groups is 1. The minimum Gasteiger partial charge on any atom is -0.373 e. The van der Waals surface area contributed by atoms with Crippen LogP contribution < -0.4 is 15.3 Å². The largest absolute Gasteiger partial charge is 0.373 e. The van der Waals surface area contributed by atoms with E-state index in [9.17, 15) is 4.79 Å². The third-order valence-electron chi connectivity index (χ3n) is 4.70. The fraction of sp³-hybridized carbons (Fsp3) is 0.619. The second-order valence-corrected chi connectivity index (χ2v) is 6.94. The Morgan fingerprint density at radius 2 is 1.89 bits per heavy atom. The molecule has 1 amide bonds. The number of rotatable bonds is 14. The van der Waals surface area contributed by atoms with Gasteiger partial charge in [-0.2, -0.15) is 0 Å². The maximum absolute atomic E-state index is 11.0. The van der Waals surface area contributed by atoms with Gasteiger partial charge < -0.3 is 9.80 Å². The zero-order valence-electron chi connectivity index (χ0n) is 17.2. The molecule has 0 saturated carbocycles. The molecular weight excluding hydrogens is 340 g/mol. The van der Waals surface area contributed by atoms with E-state index >= 15 is 0 Å². The van der Waals surface area contributed by atoms with Crippen molar-refractivity contribution in [2.24, 2.45) is 4.99 Å². The van der Waals surface area contributed by atoms with E-state index in [0.29, 0.717) is 6.42 Å². The summed E-state index contributed by atoms with van der Waals surface area (Å²) in [6, 6.07) is 6.44. The van der Waals surface area contributed by atoms with Crippen LogP contribution in [0.2, 0.25) is 0 Å². The third kappa shape index (κ3) is 7.99. The van der Waals surface area contributed by atoms with Gasteiger partial charge in [0.15, 0.2) is 0 Å². The van der Waals surface area contributed by atoms with E-state index in [4.69, 9.17) is 5.21 Å². The quantitative estimate of drug-likeness (QED) is 0.216. The van der Waals surface area contributed by atoms with Crippen LogP contribution in [0.25, 0.3) is 0 Å². The molecule has 0 radical (unpaired) electrons. The van der Waals surface area contributed by atoms with Crippen molar-refractivity contribution in [2.75, 3.05) is 36.5 Å². The number of hydrogen-bond acceptors (Lipinski definition) is 5. The van der Waals surface area contributed by atoms with Crippen LogP contribution in [-0.4, -0.2) is 44.5 Å². The number of hydrogen-bond donors (Lipinski definition) is 2. The molecule has 0 spiro atoms. The number of nitrogens with one attached hydrogen (secondary N) is 1. The smallest absolute Gasteiger partial charge is 0.243 e. The summed E-state index contributed by atoms with van der Waals surface area (Å²) in [5.74, 6) is -0.322. The van der Waals surface area contributed by atoms with Gasteiger partial charge in [-0.15, -0.1) is 0 Å². The van der Waals surface area contributed by atoms with Gasteiger partial charge in [-0.25, -0.2) is 5.48 Å². The van der Waals surface area contributed by atoms with Crippen LogP contribution in [0.4, 0.5) is 17.1 Å². The average molecular weight is 377 g/mol. The molecule has 0 aliphatic rings. The molecule has 27 heavy (non-hydrogen) atoms. The summed E-state index contributed by atoms with van der Waals surface area (Å²) in [6.45, 7) is 11.2. The third-order valence-corrected chi connectivity index (χ3v) is 4.70. The molecule has 6 heteroatoms. The monoisotopic (exact) mass is 376 g/mol. The molecular formula is C21H36N4O2. The molecule has 152 valence electrons. The Bertz CT molecular complexity index is 577. The number of anilines is 2. The van der Waals surface area contributed by atoms with Gasteiger partial charge in [0.25, 0.3) is 0 Å². The van der Waals surface area contributed by atoms with Crippen molar-refractivity contribution in [3.05, 3.63) is 18.2 Å². The normalized spacial score (nSPS) is 10.5. The van der Waals surface area contributed by atoms with Gasteiger partial charge >= 0.3 is 0 Å². The average Bonchev–Trinajstić information content (AvgIpc) is 2.69. The van der Waals surface area contributed by atoms with E-state index in [-0.39, 0.29) is 5.91 Å². The van der Waals surface area contributed by atoms with E-state index in [1.165, 1.54) is 18.5 Å². The maximum Gasteiger partial charge on any atom is 0.243 e. The summed E-state index contributed by atoms with van der Waals surface area (Å²) in [6.07, 6.45) is 6.55. The van der Waals surface area contributed by atoms with Crippen LogP contribution >= 0.6 is 0 Å². The molecule has 0 heterocycles. The second-order valence-electron chi connectivity index (χ2n) is 6.94. The number of benzene rings is 1. The Morgan fingerprint density at radius 1 is 1.11 bits per heavy atom. The number of carbonyl (C=O) groups excluding carboxylic acids is 1. The summed E-state index contributed by atoms with van der Waals surface area (Å²) < 4.78 is 0. The van der Waals surface area contributed by atoms with Crippen LogP contribution in [0.5, 0.6) is 0 Å². The highest BCUT2D eigenvalue weighted by molar-refractivity contribution is 5.74. The standard InChI is InChI=1S/C21H36N4O2/c1-5-7-16-25(14-6-2)18-12-13-20(19(17-18)22-3)24(4)15-10-8-9-11-21(26)23-27/h12-13,17,27H,3,5-11,14-16H2,1-2,4H3,(H,23,26). The molecule has 6 nitrogen and oxygen atoms in total. The Labute approximate surface area is 164 Å². The highest BCUT2D eigenvalue weighted by Gasteiger charge is 2.11. The zero-order chi connectivity index (χ0) is 20.1. The van der Waals surface area contributed by atoms with Gasteiger partial charge in [0.05, 0.1) is 11.4 Å². The first-order chi connectivity index (χ1) is 13.1. The SMILES string of the molecule is C=Nc1cc(N(CCC)CCCC)ccc1N(C)CCCCCC(=O)NO. The van der Waals surface area contributed by atoms with Crippen molar-refractivity contribution >= 4 is 29.7 Å². The highest BCUT2D eigenvalue weighted by atomic mass is 16.5. The van der Waals surface area contributed by atoms with Crippen molar-refractivity contribution < 1.29 is 10.0 Å². The molecule has 0 bridgehead atoms. The molecule has 1 aromatic carbocycles. The minimum absolute atomic E-state index is 0.322. The fourth-order valence-corrected chi connectivity index (χ4v) is 3.13. The van der Waals surface area contributed by atoms with Crippen molar-refractivity contribution in [2.45, 2.75) is 58.8 Å². The molecule has 0 atom stereocenters. The van der Waals surface area contributed by atoms with Crippen molar-refractivity contribution in [3.8, 4) is 0 Å². The van der Waals surface area contributed by atoms with Gasteiger partial charge in [-0.1, -0.05) is 26.7 Å². The first-order valence-electron chi connectivity index (χ1n) is 10.1. The van der Waals surface area contributed by atoms with E-state index in [2.05, 4.69) is 60.6 Å². The van der Waals surface area contributed by atoms with Crippen LogP contribution in [0.1, 0.15) is 58.8 Å². The van der Waals surface area contributed by atoms with E-state index in [1.807, 2.05) is 0 Å². The summed E-state index contributed by atoms with van der Waals surface area (Å²) in [5.41, 5.74) is 4.86. The zero-order valence-corrected chi connectivity index (χ0v) is 17.2. The lowest BCUT2D eigenvalue weighted by atomic mass is 10.1. The highest BCUT2D eigenvalue weighted by Crippen LogP contribution is 2.32. The molecule has 0 aliphatic heterocycles. The maximum atomic E-state index is 11.0. The van der Waals surface area contributed by atoms with Crippen LogP contribution in [-0.2, 0) is 4.79 Å². The van der Waals surface area contributed by atoms with Gasteiger partial charge in [0, 0.05) is 38.8 Å². The van der Waals surface area contributed by atoms with Crippen LogP contribution in [0.3, 0.4) is 0 Å². The van der Waals surface area contributed by atoms with Crippen LogP contribution in [0.15, 0.2) is 23.2 Å². The lowest BCUT2D eigenvalue weighted by molar-refractivity contribution is -0.129. The summed E-state index contributed by atoms with van der Waals surface area (Å²) in [5, 5.41) is 8.50. The Kier molecular flexibility index (Phi) is 11.2. The molecule has 0 aliphatic carbocycles. The Morgan fingerprint density at radius 3 is 2.52 bits per heavy atom. The van der Waals surface area contributed by atoms with Gasteiger partial charge in [-0.3, -0.25) is 15.0 Å². The predicted octanol–water partition coefficient (Wildman–Crippen LogP) is 4.54. The lowest BCUT2D eigenvalue weighted by Gasteiger charge is -2.27. The van der Waals surface area contributed by atoms with Crippen molar-refractivity contribution in [1.82, 2.24) is 5.48 Å². The Balaban J connectivity index is 2.69. The number of carbonyl (C=O) groups is 1. The lowest BCUT2D eigenvalue weighted by Crippen LogP contribution is -2.25. The fourth-order valence-electron chi connectivity index (χ4n) is 3.13. The van der Waals surface area contributed by atoms with Gasteiger partial charge in [0.2, 0.25) is 5.91 Å². The number of unbranched alkanes of at least 4 members (excludes halogenated alkanes) is 3. The Hall–Kier alpha value is -2.08. The molecule has 0 unspecified atom stereocenters. The topological polar surface area (TPSA) is 68.2 Å². The molecule has 2 N–H and O–H groups in total. The van der Waals surface area contributed by atoms with Crippen molar-refractivity contribution in [3.63, 3.8) is 0 Å². The first-order valence-corrected chi connectivity index (χ1v) is 10.1. The molecule has 0 aromatic heterocycles. The van der Waals surface area contributed by atoms with Gasteiger partial charge in [0.1, 0.15) is 0 Å². The van der Waals surface area contributed by atoms with E-state index in [0.717, 1.165) is 56.7 Å². The second kappa shape index (κ2) is 13.1. The molecule has 1 rings (SSSR count). The molecule has 1 aromatic rings. The van der Waals surface area contributed by atoms with Crippen molar-refractivity contribution in [1.29, 1.82) is 0 Å². The summed E-state index contributed by atoms with van der Waals surface area (Å²) in [4.78, 5) is 19.9. The van der Waals surface area contributed by atoms with Crippen LogP contribution in [0, 0.1) is 0 Å². The van der Waals surface area contributed by atoms with E-state index < -0.39 is 0 Å². The predicted molar refractivity (Wildman–Crippen MR) is 115 cm³/mol. The van der Waals surface area contributed by atoms with Gasteiger partial charge in [-0.05, 0) is 50.6 Å². The number of aliphatic imine (C=N–C) groups is 1. The summed E-state index contributed by atoms with van der Waals surface area (Å²) in [7, 11) is 2.06. The van der Waals surface area contributed by atoms with E-state index in [1.54, 1.807) is 5.48 Å². The number of amides is 1. The molecule has 0 saturated heterocycles. The first kappa shape index (κ1) is 23.0. The minimum atomic E-state index is -0.322. The molecule has 0 fully saturated rings.